The fourth-order valence-corrected chi connectivity index (χ4v) is 6.43. The van der Waals surface area contributed by atoms with Crippen LogP contribution < -0.4 is 20.7 Å². The van der Waals surface area contributed by atoms with E-state index in [1.54, 1.807) is 36.4 Å². The molecule has 0 aliphatic rings. The first-order valence-corrected chi connectivity index (χ1v) is 17.1. The van der Waals surface area contributed by atoms with Crippen molar-refractivity contribution in [2.45, 2.75) is 17.1 Å². The van der Waals surface area contributed by atoms with Crippen LogP contribution in [0.2, 0.25) is 0 Å². The number of carbonyl (C=O) groups is 3. The first-order valence-electron chi connectivity index (χ1n) is 16.2. The topological polar surface area (TPSA) is 96.5 Å². The van der Waals surface area contributed by atoms with Crippen LogP contribution in [-0.2, 0) is 9.59 Å². The van der Waals surface area contributed by atoms with Gasteiger partial charge in [-0.2, -0.15) is 0 Å². The summed E-state index contributed by atoms with van der Waals surface area (Å²) in [7, 11) is 0. The third kappa shape index (κ3) is 8.66. The largest absolute Gasteiger partial charge is 0.493 e. The summed E-state index contributed by atoms with van der Waals surface area (Å²) in [5.74, 6) is -0.529. The summed E-state index contributed by atoms with van der Waals surface area (Å²) in [6, 6.07) is 46.7. The second kappa shape index (κ2) is 16.3. The molecule has 0 heterocycles. The molecular formula is C42H35N3O4S. The number of fused-ring (bicyclic) bond motifs is 1. The summed E-state index contributed by atoms with van der Waals surface area (Å²) in [5.41, 5.74) is 3.14. The summed E-state index contributed by atoms with van der Waals surface area (Å²) >= 11 is 1.38. The number of para-hydroxylation sites is 1. The van der Waals surface area contributed by atoms with Crippen LogP contribution in [0.3, 0.4) is 0 Å². The molecule has 0 saturated heterocycles. The van der Waals surface area contributed by atoms with Gasteiger partial charge in [-0.15, -0.1) is 11.8 Å². The van der Waals surface area contributed by atoms with Crippen LogP contribution in [0.15, 0.2) is 162 Å². The van der Waals surface area contributed by atoms with Gasteiger partial charge in [0.2, 0.25) is 5.91 Å². The zero-order valence-corrected chi connectivity index (χ0v) is 28.2. The SMILES string of the molecule is CCOc1ccccc1/C=C(/NC(=O)c1ccccc1)C(=O)Nc1cccc(SC(C(=O)Nc2ccc3ccccc3c2)c2ccccc2)c1. The highest BCUT2D eigenvalue weighted by Crippen LogP contribution is 2.37. The molecule has 50 heavy (non-hydrogen) atoms. The number of hydrogen-bond donors (Lipinski definition) is 3. The summed E-state index contributed by atoms with van der Waals surface area (Å²) in [6.45, 7) is 2.32. The van der Waals surface area contributed by atoms with E-state index in [4.69, 9.17) is 4.74 Å². The zero-order chi connectivity index (χ0) is 34.7. The van der Waals surface area contributed by atoms with Crippen LogP contribution in [0.1, 0.15) is 33.7 Å². The number of rotatable bonds is 12. The smallest absolute Gasteiger partial charge is 0.272 e. The Bertz CT molecular complexity index is 2150. The molecule has 6 aromatic rings. The molecule has 6 rings (SSSR count). The van der Waals surface area contributed by atoms with E-state index in [1.807, 2.05) is 128 Å². The van der Waals surface area contributed by atoms with Gasteiger partial charge >= 0.3 is 0 Å². The summed E-state index contributed by atoms with van der Waals surface area (Å²) in [6.07, 6.45) is 1.60. The number of carbonyl (C=O) groups excluding carboxylic acids is 3. The Balaban J connectivity index is 1.24. The first kappa shape index (κ1) is 33.8. The maximum atomic E-state index is 13.8. The predicted molar refractivity (Wildman–Crippen MR) is 202 cm³/mol. The lowest BCUT2D eigenvalue weighted by molar-refractivity contribution is -0.116. The standard InChI is InChI=1S/C42H35N3O4S/c1-2-49-38-23-12-11-20-33(38)27-37(45-40(46)31-17-7-4-8-18-31)41(47)43-34-21-13-22-36(28-34)50-39(30-15-5-3-6-16-30)42(48)44-35-25-24-29-14-9-10-19-32(29)26-35/h3-28,39H,2H2,1H3,(H,43,47)(H,44,48)(H,45,46)/b37-27+. The number of thioether (sulfide) groups is 1. The number of amides is 3. The average Bonchev–Trinajstić information content (AvgIpc) is 3.15. The highest BCUT2D eigenvalue weighted by Gasteiger charge is 2.23. The van der Waals surface area contributed by atoms with Crippen LogP contribution in [0.25, 0.3) is 16.8 Å². The van der Waals surface area contributed by atoms with Gasteiger partial charge < -0.3 is 20.7 Å². The second-order valence-corrected chi connectivity index (χ2v) is 12.5. The van der Waals surface area contributed by atoms with E-state index in [9.17, 15) is 14.4 Å². The molecule has 0 aliphatic carbocycles. The number of ether oxygens (including phenoxy) is 1. The van der Waals surface area contributed by atoms with Crippen molar-refractivity contribution in [2.75, 3.05) is 17.2 Å². The van der Waals surface area contributed by atoms with Crippen molar-refractivity contribution < 1.29 is 19.1 Å². The van der Waals surface area contributed by atoms with Crippen molar-refractivity contribution >= 4 is 57.7 Å². The first-order chi connectivity index (χ1) is 24.5. The average molecular weight is 678 g/mol. The molecule has 3 N–H and O–H groups in total. The Hall–Kier alpha value is -6.12. The maximum absolute atomic E-state index is 13.8. The van der Waals surface area contributed by atoms with E-state index in [1.165, 1.54) is 11.8 Å². The maximum Gasteiger partial charge on any atom is 0.272 e. The van der Waals surface area contributed by atoms with Gasteiger partial charge in [-0.1, -0.05) is 103 Å². The Morgan fingerprint density at radius 2 is 1.36 bits per heavy atom. The van der Waals surface area contributed by atoms with E-state index < -0.39 is 17.1 Å². The number of hydrogen-bond acceptors (Lipinski definition) is 5. The van der Waals surface area contributed by atoms with E-state index >= 15 is 0 Å². The molecule has 1 unspecified atom stereocenters. The van der Waals surface area contributed by atoms with Crippen LogP contribution in [0, 0.1) is 0 Å². The van der Waals surface area contributed by atoms with Crippen molar-refractivity contribution in [3.8, 4) is 5.75 Å². The van der Waals surface area contributed by atoms with E-state index in [2.05, 4.69) is 16.0 Å². The summed E-state index contributed by atoms with van der Waals surface area (Å²) in [5, 5.41) is 10.4. The Morgan fingerprint density at radius 3 is 2.14 bits per heavy atom. The van der Waals surface area contributed by atoms with E-state index in [0.29, 0.717) is 34.9 Å². The van der Waals surface area contributed by atoms with Gasteiger partial charge in [0.15, 0.2) is 0 Å². The molecule has 0 aliphatic heterocycles. The minimum absolute atomic E-state index is 0.0426. The van der Waals surface area contributed by atoms with Gasteiger partial charge in [-0.05, 0) is 77.9 Å². The molecule has 0 spiro atoms. The lowest BCUT2D eigenvalue weighted by atomic mass is 10.1. The van der Waals surface area contributed by atoms with Crippen LogP contribution in [0.4, 0.5) is 11.4 Å². The summed E-state index contributed by atoms with van der Waals surface area (Å²) in [4.78, 5) is 41.6. The van der Waals surface area contributed by atoms with Crippen molar-refractivity contribution in [1.29, 1.82) is 0 Å². The third-order valence-corrected chi connectivity index (χ3v) is 9.00. The monoisotopic (exact) mass is 677 g/mol. The van der Waals surface area contributed by atoms with E-state index in [-0.39, 0.29) is 11.6 Å². The molecule has 0 aromatic heterocycles. The van der Waals surface area contributed by atoms with Gasteiger partial charge in [-0.3, -0.25) is 14.4 Å². The van der Waals surface area contributed by atoms with Gasteiger partial charge in [0.05, 0.1) is 6.61 Å². The van der Waals surface area contributed by atoms with E-state index in [0.717, 1.165) is 21.2 Å². The molecule has 248 valence electrons. The minimum Gasteiger partial charge on any atom is -0.493 e. The Labute approximate surface area is 295 Å². The number of benzene rings is 6. The molecular weight excluding hydrogens is 643 g/mol. The van der Waals surface area contributed by atoms with Crippen LogP contribution >= 0.6 is 11.8 Å². The predicted octanol–water partition coefficient (Wildman–Crippen LogP) is 9.12. The van der Waals surface area contributed by atoms with Crippen molar-refractivity contribution in [2.24, 2.45) is 0 Å². The normalized spacial score (nSPS) is 11.7. The molecule has 8 heteroatoms. The fourth-order valence-electron chi connectivity index (χ4n) is 5.34. The van der Waals surface area contributed by atoms with Crippen LogP contribution in [0.5, 0.6) is 5.75 Å². The minimum atomic E-state index is -0.579. The molecule has 0 bridgehead atoms. The van der Waals surface area contributed by atoms with Gasteiger partial charge in [0.25, 0.3) is 11.8 Å². The summed E-state index contributed by atoms with van der Waals surface area (Å²) < 4.78 is 5.77. The molecule has 3 amide bonds. The number of anilines is 2. The Morgan fingerprint density at radius 1 is 0.680 bits per heavy atom. The lowest BCUT2D eigenvalue weighted by Crippen LogP contribution is -2.30. The molecule has 7 nitrogen and oxygen atoms in total. The Kier molecular flexibility index (Phi) is 11.0. The van der Waals surface area contributed by atoms with Crippen molar-refractivity contribution in [3.63, 3.8) is 0 Å². The molecule has 0 saturated carbocycles. The molecule has 0 fully saturated rings. The third-order valence-electron chi connectivity index (χ3n) is 7.75. The van der Waals surface area contributed by atoms with Crippen LogP contribution in [-0.4, -0.2) is 24.3 Å². The quantitative estimate of drug-likeness (QED) is 0.0887. The van der Waals surface area contributed by atoms with Gasteiger partial charge in [0.1, 0.15) is 16.7 Å². The van der Waals surface area contributed by atoms with Crippen molar-refractivity contribution in [3.05, 3.63) is 174 Å². The van der Waals surface area contributed by atoms with Gasteiger partial charge in [-0.25, -0.2) is 0 Å². The molecule has 1 atom stereocenters. The lowest BCUT2D eigenvalue weighted by Gasteiger charge is -2.18. The fraction of sp³-hybridized carbons (Fsp3) is 0.0714. The number of nitrogens with one attached hydrogen (secondary N) is 3. The molecule has 6 aromatic carbocycles. The molecule has 0 radical (unpaired) electrons. The zero-order valence-electron chi connectivity index (χ0n) is 27.3. The van der Waals surface area contributed by atoms with Crippen molar-refractivity contribution in [1.82, 2.24) is 5.32 Å². The van der Waals surface area contributed by atoms with Gasteiger partial charge in [0, 0.05) is 27.4 Å². The second-order valence-electron chi connectivity index (χ2n) is 11.3. The highest BCUT2D eigenvalue weighted by atomic mass is 32.2. The highest BCUT2D eigenvalue weighted by molar-refractivity contribution is 8.00.